The van der Waals surface area contributed by atoms with Crippen molar-refractivity contribution >= 4 is 0 Å². The minimum Gasteiger partial charge on any atom is -0.493 e. The van der Waals surface area contributed by atoms with Gasteiger partial charge in [-0.2, -0.15) is 0 Å². The van der Waals surface area contributed by atoms with Crippen molar-refractivity contribution < 1.29 is 9.84 Å². The molecular weight excluding hydrogens is 224 g/mol. The van der Waals surface area contributed by atoms with Crippen LogP contribution in [0, 0.1) is 19.8 Å². The van der Waals surface area contributed by atoms with Gasteiger partial charge in [-0.25, -0.2) is 0 Å². The van der Waals surface area contributed by atoms with Crippen LogP contribution in [0.1, 0.15) is 43.2 Å². The molecule has 18 heavy (non-hydrogen) atoms. The topological polar surface area (TPSA) is 29.5 Å². The van der Waals surface area contributed by atoms with Crippen molar-refractivity contribution in [3.05, 3.63) is 29.3 Å². The fraction of sp³-hybridized carbons (Fsp3) is 0.625. The Balaban J connectivity index is 1.77. The highest BCUT2D eigenvalue weighted by Crippen LogP contribution is 2.29. The lowest BCUT2D eigenvalue weighted by atomic mass is 9.99. The quantitative estimate of drug-likeness (QED) is 0.862. The average Bonchev–Trinajstić information content (AvgIpc) is 2.85. The lowest BCUT2D eigenvalue weighted by Crippen LogP contribution is -2.20. The maximum absolute atomic E-state index is 10.1. The van der Waals surface area contributed by atoms with E-state index in [-0.39, 0.29) is 6.10 Å². The molecule has 0 spiro atoms. The summed E-state index contributed by atoms with van der Waals surface area (Å²) >= 11 is 0. The molecule has 1 aromatic carbocycles. The van der Waals surface area contributed by atoms with E-state index in [4.69, 9.17) is 4.74 Å². The maximum Gasteiger partial charge on any atom is 0.122 e. The minimum absolute atomic E-state index is 0.182. The van der Waals surface area contributed by atoms with Crippen LogP contribution >= 0.6 is 0 Å². The Morgan fingerprint density at radius 3 is 2.67 bits per heavy atom. The van der Waals surface area contributed by atoms with E-state index in [0.717, 1.165) is 12.2 Å². The summed E-state index contributed by atoms with van der Waals surface area (Å²) in [4.78, 5) is 0. The first kappa shape index (κ1) is 13.4. The molecule has 0 aromatic heterocycles. The second-order valence-corrected chi connectivity index (χ2v) is 5.52. The van der Waals surface area contributed by atoms with Crippen LogP contribution in [0.4, 0.5) is 0 Å². The molecule has 0 amide bonds. The van der Waals surface area contributed by atoms with Crippen molar-refractivity contribution in [1.29, 1.82) is 0 Å². The minimum atomic E-state index is -0.182. The third-order valence-electron chi connectivity index (χ3n) is 3.95. The molecule has 0 heterocycles. The standard InChI is InChI=1S/C16H24O2/c1-12-7-8-16(13(2)11-12)18-10-9-15(17)14-5-3-4-6-14/h7-8,11,14-15,17H,3-6,9-10H2,1-2H3. The molecular formula is C16H24O2. The molecule has 0 aliphatic heterocycles. The zero-order valence-corrected chi connectivity index (χ0v) is 11.5. The third kappa shape index (κ3) is 3.49. The fourth-order valence-corrected chi connectivity index (χ4v) is 2.83. The van der Waals surface area contributed by atoms with Crippen molar-refractivity contribution in [2.75, 3.05) is 6.61 Å². The van der Waals surface area contributed by atoms with Crippen LogP contribution in [0.5, 0.6) is 5.75 Å². The van der Waals surface area contributed by atoms with Gasteiger partial charge in [-0.05, 0) is 44.2 Å². The molecule has 100 valence electrons. The summed E-state index contributed by atoms with van der Waals surface area (Å²) in [5.74, 6) is 1.45. The predicted molar refractivity (Wildman–Crippen MR) is 74.0 cm³/mol. The van der Waals surface area contributed by atoms with Crippen molar-refractivity contribution in [2.45, 2.75) is 52.1 Å². The van der Waals surface area contributed by atoms with Gasteiger partial charge in [-0.1, -0.05) is 30.5 Å². The highest BCUT2D eigenvalue weighted by atomic mass is 16.5. The number of ether oxygens (including phenoxy) is 1. The Labute approximate surface area is 110 Å². The molecule has 0 radical (unpaired) electrons. The molecule has 1 aliphatic rings. The van der Waals surface area contributed by atoms with Gasteiger partial charge in [0.15, 0.2) is 0 Å². The summed E-state index contributed by atoms with van der Waals surface area (Å²) in [7, 11) is 0. The van der Waals surface area contributed by atoms with Gasteiger partial charge in [0, 0.05) is 6.42 Å². The predicted octanol–water partition coefficient (Wildman–Crippen LogP) is 3.62. The SMILES string of the molecule is Cc1ccc(OCCC(O)C2CCCC2)c(C)c1. The summed E-state index contributed by atoms with van der Waals surface area (Å²) in [5, 5.41) is 10.1. The van der Waals surface area contributed by atoms with Gasteiger partial charge >= 0.3 is 0 Å². The molecule has 1 aromatic rings. The van der Waals surface area contributed by atoms with Crippen LogP contribution in [0.3, 0.4) is 0 Å². The van der Waals surface area contributed by atoms with E-state index in [2.05, 4.69) is 26.0 Å². The van der Waals surface area contributed by atoms with Crippen LogP contribution in [0.25, 0.3) is 0 Å². The van der Waals surface area contributed by atoms with Crippen molar-refractivity contribution in [3.63, 3.8) is 0 Å². The van der Waals surface area contributed by atoms with E-state index in [9.17, 15) is 5.11 Å². The first-order valence-electron chi connectivity index (χ1n) is 7.05. The highest BCUT2D eigenvalue weighted by molar-refractivity contribution is 5.35. The van der Waals surface area contributed by atoms with Crippen LogP contribution in [0.2, 0.25) is 0 Å². The monoisotopic (exact) mass is 248 g/mol. The summed E-state index contributed by atoms with van der Waals surface area (Å²) in [5.41, 5.74) is 2.43. The summed E-state index contributed by atoms with van der Waals surface area (Å²) < 4.78 is 5.76. The van der Waals surface area contributed by atoms with Crippen molar-refractivity contribution in [3.8, 4) is 5.75 Å². The normalized spacial score (nSPS) is 17.9. The van der Waals surface area contributed by atoms with Gasteiger partial charge < -0.3 is 9.84 Å². The number of rotatable bonds is 5. The Bertz CT molecular complexity index is 381. The van der Waals surface area contributed by atoms with Gasteiger partial charge in [-0.15, -0.1) is 0 Å². The smallest absolute Gasteiger partial charge is 0.122 e. The molecule has 2 heteroatoms. The Kier molecular flexibility index (Phi) is 4.65. The van der Waals surface area contributed by atoms with Crippen LogP contribution in [0.15, 0.2) is 18.2 Å². The zero-order valence-electron chi connectivity index (χ0n) is 11.5. The van der Waals surface area contributed by atoms with Crippen LogP contribution < -0.4 is 4.74 Å². The van der Waals surface area contributed by atoms with Gasteiger partial charge in [-0.3, -0.25) is 0 Å². The highest BCUT2D eigenvalue weighted by Gasteiger charge is 2.22. The fourth-order valence-electron chi connectivity index (χ4n) is 2.83. The molecule has 0 saturated heterocycles. The van der Waals surface area contributed by atoms with Crippen LogP contribution in [-0.2, 0) is 0 Å². The number of hydrogen-bond acceptors (Lipinski definition) is 2. The van der Waals surface area contributed by atoms with E-state index in [1.807, 2.05) is 6.07 Å². The lowest BCUT2D eigenvalue weighted by Gasteiger charge is -2.18. The molecule has 0 bridgehead atoms. The summed E-state index contributed by atoms with van der Waals surface area (Å²) in [6, 6.07) is 6.21. The molecule has 1 saturated carbocycles. The van der Waals surface area contributed by atoms with Crippen molar-refractivity contribution in [1.82, 2.24) is 0 Å². The summed E-state index contributed by atoms with van der Waals surface area (Å²) in [6.45, 7) is 4.76. The van der Waals surface area contributed by atoms with Gasteiger partial charge in [0.25, 0.3) is 0 Å². The van der Waals surface area contributed by atoms with E-state index < -0.39 is 0 Å². The largest absolute Gasteiger partial charge is 0.493 e. The van der Waals surface area contributed by atoms with E-state index >= 15 is 0 Å². The molecule has 1 fully saturated rings. The van der Waals surface area contributed by atoms with Gasteiger partial charge in [0.1, 0.15) is 5.75 Å². The lowest BCUT2D eigenvalue weighted by molar-refractivity contribution is 0.0852. The Morgan fingerprint density at radius 1 is 1.28 bits per heavy atom. The van der Waals surface area contributed by atoms with Crippen molar-refractivity contribution in [2.24, 2.45) is 5.92 Å². The zero-order chi connectivity index (χ0) is 13.0. The number of benzene rings is 1. The molecule has 1 aliphatic carbocycles. The van der Waals surface area contributed by atoms with E-state index in [0.29, 0.717) is 12.5 Å². The maximum atomic E-state index is 10.1. The second kappa shape index (κ2) is 6.24. The number of aliphatic hydroxyl groups excluding tert-OH is 1. The van der Waals surface area contributed by atoms with Gasteiger partial charge in [0.05, 0.1) is 12.7 Å². The first-order chi connectivity index (χ1) is 8.66. The molecule has 2 rings (SSSR count). The van der Waals surface area contributed by atoms with E-state index in [1.165, 1.54) is 36.8 Å². The molecule has 1 N–H and O–H groups in total. The number of aliphatic hydroxyl groups is 1. The van der Waals surface area contributed by atoms with Gasteiger partial charge in [0.2, 0.25) is 0 Å². The van der Waals surface area contributed by atoms with Crippen LogP contribution in [-0.4, -0.2) is 17.8 Å². The average molecular weight is 248 g/mol. The van der Waals surface area contributed by atoms with E-state index in [1.54, 1.807) is 0 Å². The summed E-state index contributed by atoms with van der Waals surface area (Å²) in [6.07, 6.45) is 5.49. The second-order valence-electron chi connectivity index (χ2n) is 5.52. The molecule has 1 unspecified atom stereocenters. The Morgan fingerprint density at radius 2 is 2.00 bits per heavy atom. The first-order valence-corrected chi connectivity index (χ1v) is 7.05. The Hall–Kier alpha value is -1.02. The molecule has 1 atom stereocenters. The number of hydrogen-bond donors (Lipinski definition) is 1. The number of aryl methyl sites for hydroxylation is 2. The molecule has 2 nitrogen and oxygen atoms in total. The third-order valence-corrected chi connectivity index (χ3v) is 3.95.